The summed E-state index contributed by atoms with van der Waals surface area (Å²) < 4.78 is 101. The van der Waals surface area contributed by atoms with Gasteiger partial charge < -0.3 is 29.3 Å². The largest absolute Gasteiger partial charge is 0.497 e. The lowest BCUT2D eigenvalue weighted by atomic mass is 10.0. The van der Waals surface area contributed by atoms with Crippen molar-refractivity contribution in [2.45, 2.75) is 115 Å². The maximum Gasteiger partial charge on any atom is 0.245 e. The molecule has 1 N–H and O–H groups in total. The maximum absolute atomic E-state index is 13.2. The Bertz CT molecular complexity index is 2560. The van der Waals surface area contributed by atoms with E-state index in [4.69, 9.17) is 14.2 Å². The first-order chi connectivity index (χ1) is 33.6. The molecule has 11 rings (SSSR count). The fourth-order valence-corrected chi connectivity index (χ4v) is 18.1. The van der Waals surface area contributed by atoms with Crippen LogP contribution in [0.5, 0.6) is 5.75 Å². The van der Waals surface area contributed by atoms with Crippen LogP contribution in [-0.2, 0) is 46.0 Å². The fourth-order valence-electron chi connectivity index (χ4n) is 11.0. The Morgan fingerprint density at radius 1 is 0.586 bits per heavy atom. The summed E-state index contributed by atoms with van der Waals surface area (Å²) in [5.74, 6) is 3.28. The van der Waals surface area contributed by atoms with Gasteiger partial charge in [-0.15, -0.1) is 11.8 Å². The van der Waals surface area contributed by atoms with Crippen molar-refractivity contribution in [3.05, 3.63) is 83.9 Å². The Hall–Kier alpha value is -2.66. The van der Waals surface area contributed by atoms with Crippen molar-refractivity contribution in [1.82, 2.24) is 28.0 Å². The van der Waals surface area contributed by atoms with Gasteiger partial charge in [-0.25, -0.2) is 25.3 Å². The van der Waals surface area contributed by atoms with E-state index in [2.05, 4.69) is 22.0 Å². The highest BCUT2D eigenvalue weighted by Crippen LogP contribution is 2.46. The SMILES string of the molecule is CCc1ccc(S(=O)(=O)N2CCOC23CCN(CC2CC2)CC3)cc1.COc1ccc(S(=O)(=O)N2CCSC23CCNCC3)cc1.Cc1ccc(S(=O)(=O)N2CCOC23CCN(CC2CC2)CC3)cc1. The number of benzene rings is 3. The number of thioether (sulfide) groups is 1. The number of nitrogens with one attached hydrogen (secondary N) is 1. The predicted molar refractivity (Wildman–Crippen MR) is 273 cm³/mol. The van der Waals surface area contributed by atoms with E-state index in [1.807, 2.05) is 31.2 Å². The molecule has 386 valence electrons. The van der Waals surface area contributed by atoms with E-state index in [1.54, 1.807) is 80.3 Å². The van der Waals surface area contributed by atoms with Gasteiger partial charge in [-0.2, -0.15) is 12.9 Å². The molecule has 6 heterocycles. The van der Waals surface area contributed by atoms with Crippen LogP contribution in [0.25, 0.3) is 0 Å². The molecule has 0 radical (unpaired) electrons. The second-order valence-electron chi connectivity index (χ2n) is 20.3. The zero-order chi connectivity index (χ0) is 49.2. The average Bonchev–Trinajstić information content (AvgIpc) is 4.25. The van der Waals surface area contributed by atoms with Gasteiger partial charge in [0.2, 0.25) is 30.1 Å². The van der Waals surface area contributed by atoms with E-state index in [9.17, 15) is 25.3 Å². The van der Waals surface area contributed by atoms with E-state index in [0.717, 1.165) is 113 Å². The van der Waals surface area contributed by atoms with Crippen molar-refractivity contribution in [2.75, 3.05) is 98.1 Å². The zero-order valence-corrected chi connectivity index (χ0v) is 44.6. The number of nitrogens with zero attached hydrogens (tertiary/aromatic N) is 5. The van der Waals surface area contributed by atoms with Gasteiger partial charge in [0.05, 0.1) is 39.9 Å². The molecule has 6 aliphatic heterocycles. The summed E-state index contributed by atoms with van der Waals surface area (Å²) in [5, 5.41) is 3.31. The quantitative estimate of drug-likeness (QED) is 0.219. The first-order valence-electron chi connectivity index (χ1n) is 25.6. The van der Waals surface area contributed by atoms with Gasteiger partial charge in [0.25, 0.3) is 0 Å². The molecule has 3 aromatic carbocycles. The summed E-state index contributed by atoms with van der Waals surface area (Å²) in [6.45, 7) is 14.3. The van der Waals surface area contributed by atoms with E-state index < -0.39 is 41.5 Å². The highest BCUT2D eigenvalue weighted by atomic mass is 32.2. The molecule has 0 bridgehead atoms. The molecular formula is C51H74N6O9S4. The molecule has 8 fully saturated rings. The number of hydrogen-bond acceptors (Lipinski definition) is 13. The Labute approximate surface area is 422 Å². The minimum Gasteiger partial charge on any atom is -0.497 e. The smallest absolute Gasteiger partial charge is 0.245 e. The van der Waals surface area contributed by atoms with Gasteiger partial charge in [-0.3, -0.25) is 0 Å². The van der Waals surface area contributed by atoms with Crippen LogP contribution in [0.4, 0.5) is 0 Å². The van der Waals surface area contributed by atoms with E-state index >= 15 is 0 Å². The van der Waals surface area contributed by atoms with Gasteiger partial charge in [0.1, 0.15) is 17.2 Å². The normalized spacial score (nSPS) is 24.3. The average molecular weight is 1040 g/mol. The second-order valence-corrected chi connectivity index (χ2v) is 27.4. The van der Waals surface area contributed by atoms with E-state index in [0.29, 0.717) is 53.3 Å². The first-order valence-corrected chi connectivity index (χ1v) is 30.9. The highest BCUT2D eigenvalue weighted by molar-refractivity contribution is 8.02. The third kappa shape index (κ3) is 11.4. The Kier molecular flexibility index (Phi) is 16.2. The molecule has 3 aromatic rings. The van der Waals surface area contributed by atoms with Crippen molar-refractivity contribution in [3.63, 3.8) is 0 Å². The van der Waals surface area contributed by atoms with E-state index in [1.165, 1.54) is 38.8 Å². The van der Waals surface area contributed by atoms with Crippen molar-refractivity contribution >= 4 is 41.8 Å². The summed E-state index contributed by atoms with van der Waals surface area (Å²) >= 11 is 1.79. The summed E-state index contributed by atoms with van der Waals surface area (Å²) in [4.78, 5) is 5.80. The van der Waals surface area contributed by atoms with Gasteiger partial charge in [0, 0.05) is 90.3 Å². The van der Waals surface area contributed by atoms with Crippen LogP contribution in [0.2, 0.25) is 0 Å². The molecule has 2 saturated carbocycles. The number of sulfonamides is 3. The standard InChI is InChI=1S/C19H28N2O3S.C18H26N2O3S.C14H20N2O3S2/c1-2-16-5-7-18(8-6-16)25(22,23)21-13-14-24-19(21)9-11-20(12-10-19)15-17-3-4-17;1-15-2-6-17(7-3-15)24(21,22)20-12-13-23-18(20)8-10-19(11-9-18)14-16-4-5-16;1-19-12-2-4-13(5-3-12)21(17,18)16-10-11-20-14(16)6-8-15-9-7-14/h5-8,17H,2-4,9-15H2,1H3;2-3,6-7,16H,4-5,8-14H2,1H3;2-5,15H,6-11H2,1H3. The van der Waals surface area contributed by atoms with Crippen LogP contribution < -0.4 is 10.1 Å². The number of rotatable bonds is 12. The summed E-state index contributed by atoms with van der Waals surface area (Å²) in [5.41, 5.74) is 0.945. The van der Waals surface area contributed by atoms with Crippen LogP contribution in [0, 0.1) is 18.8 Å². The monoisotopic (exact) mass is 1040 g/mol. The summed E-state index contributed by atoms with van der Waals surface area (Å²) in [6, 6.07) is 21.1. The lowest BCUT2D eigenvalue weighted by Gasteiger charge is -2.43. The number of methoxy groups -OCH3 is 1. The number of ether oxygens (including phenoxy) is 3. The molecule has 6 saturated heterocycles. The Balaban J connectivity index is 0.000000131. The van der Waals surface area contributed by atoms with Gasteiger partial charge in [-0.05, 0) is 131 Å². The predicted octanol–water partition coefficient (Wildman–Crippen LogP) is 6.20. The van der Waals surface area contributed by atoms with Crippen LogP contribution in [0.3, 0.4) is 0 Å². The van der Waals surface area contributed by atoms with Crippen molar-refractivity contribution in [2.24, 2.45) is 11.8 Å². The Morgan fingerprint density at radius 2 is 1.01 bits per heavy atom. The van der Waals surface area contributed by atoms with Crippen molar-refractivity contribution < 1.29 is 39.5 Å². The van der Waals surface area contributed by atoms with Gasteiger partial charge >= 0.3 is 0 Å². The number of piperidine rings is 3. The molecule has 15 nitrogen and oxygen atoms in total. The molecule has 19 heteroatoms. The van der Waals surface area contributed by atoms with Crippen LogP contribution in [-0.4, -0.2) is 162 Å². The van der Waals surface area contributed by atoms with Crippen molar-refractivity contribution in [1.29, 1.82) is 0 Å². The van der Waals surface area contributed by atoms with Crippen LogP contribution in [0.1, 0.15) is 82.3 Å². The third-order valence-electron chi connectivity index (χ3n) is 15.6. The van der Waals surface area contributed by atoms with Crippen LogP contribution >= 0.6 is 11.8 Å². The van der Waals surface area contributed by atoms with E-state index in [-0.39, 0.29) is 4.87 Å². The number of aryl methyl sites for hydroxylation is 2. The minimum atomic E-state index is -3.51. The first kappa shape index (κ1) is 52.2. The van der Waals surface area contributed by atoms with Crippen LogP contribution in [0.15, 0.2) is 87.5 Å². The molecule has 0 amide bonds. The van der Waals surface area contributed by atoms with Crippen molar-refractivity contribution in [3.8, 4) is 5.75 Å². The molecule has 0 aromatic heterocycles. The summed E-state index contributed by atoms with van der Waals surface area (Å²) in [6.07, 6.45) is 11.1. The number of likely N-dealkylation sites (tertiary alicyclic amines) is 2. The lowest BCUT2D eigenvalue weighted by Crippen LogP contribution is -2.55. The molecule has 0 atom stereocenters. The van der Waals surface area contributed by atoms with Gasteiger partial charge in [-0.1, -0.05) is 36.8 Å². The topological polar surface area (TPSA) is 158 Å². The molecule has 0 unspecified atom stereocenters. The van der Waals surface area contributed by atoms with Gasteiger partial charge in [0.15, 0.2) is 0 Å². The second kappa shape index (κ2) is 21.7. The summed E-state index contributed by atoms with van der Waals surface area (Å²) in [7, 11) is -8.88. The molecule has 2 aliphatic carbocycles. The molecule has 8 aliphatic rings. The maximum atomic E-state index is 13.2. The minimum absolute atomic E-state index is 0.260. The number of hydrogen-bond donors (Lipinski definition) is 1. The lowest BCUT2D eigenvalue weighted by molar-refractivity contribution is -0.0912. The Morgan fingerprint density at radius 3 is 1.44 bits per heavy atom. The zero-order valence-electron chi connectivity index (χ0n) is 41.3. The molecule has 70 heavy (non-hydrogen) atoms. The fraction of sp³-hybridized carbons (Fsp3) is 0.647. The molecular weight excluding hydrogens is 969 g/mol. The third-order valence-corrected chi connectivity index (χ3v) is 23.2. The molecule has 3 spiro atoms. The highest BCUT2D eigenvalue weighted by Gasteiger charge is 2.53.